The highest BCUT2D eigenvalue weighted by Gasteiger charge is 2.31. The first-order valence-corrected chi connectivity index (χ1v) is 6.82. The van der Waals surface area contributed by atoms with Crippen molar-refractivity contribution in [1.29, 1.82) is 0 Å². The van der Waals surface area contributed by atoms with Crippen molar-refractivity contribution in [2.24, 2.45) is 5.41 Å². The van der Waals surface area contributed by atoms with Gasteiger partial charge in [-0.25, -0.2) is 0 Å². The molecule has 0 saturated heterocycles. The molecule has 1 aromatic heterocycles. The van der Waals surface area contributed by atoms with Crippen LogP contribution in [-0.2, 0) is 4.79 Å². The Hall–Kier alpha value is -2.43. The van der Waals surface area contributed by atoms with Gasteiger partial charge in [0.2, 0.25) is 0 Å². The van der Waals surface area contributed by atoms with Crippen LogP contribution in [0, 0.1) is 5.41 Å². The summed E-state index contributed by atoms with van der Waals surface area (Å²) in [6.45, 7) is 3.52. The summed E-state index contributed by atoms with van der Waals surface area (Å²) in [5.74, 6) is -1.19. The van der Waals surface area contributed by atoms with Gasteiger partial charge < -0.3 is 10.4 Å². The number of aliphatic carboxylic acids is 1. The first kappa shape index (κ1) is 15.0. The molecule has 2 N–H and O–H groups in total. The van der Waals surface area contributed by atoms with E-state index in [0.717, 1.165) is 10.9 Å². The van der Waals surface area contributed by atoms with E-state index in [9.17, 15) is 14.7 Å². The van der Waals surface area contributed by atoms with Crippen molar-refractivity contribution in [1.82, 2.24) is 10.3 Å². The molecule has 2 aromatic rings. The Bertz CT molecular complexity index is 684. The second kappa shape index (κ2) is 5.91. The molecule has 5 nitrogen and oxygen atoms in total. The van der Waals surface area contributed by atoms with Gasteiger partial charge in [-0.2, -0.15) is 0 Å². The number of nitrogens with zero attached hydrogens (tertiary/aromatic N) is 1. The molecular formula is C16H18N2O3. The molecule has 2 rings (SSSR count). The lowest BCUT2D eigenvalue weighted by Gasteiger charge is -2.23. The molecule has 0 aliphatic carbocycles. The highest BCUT2D eigenvalue weighted by atomic mass is 16.4. The fourth-order valence-corrected chi connectivity index (χ4v) is 1.95. The van der Waals surface area contributed by atoms with E-state index in [1.807, 2.05) is 12.1 Å². The standard InChI is InChI=1S/C16H18N2O3/c1-3-16(2,15(20)21)10-18-14(19)12-6-7-13-11(9-12)5-4-8-17-13/h4-9H,3,10H2,1-2H3,(H,18,19)(H,20,21). The molecule has 0 bridgehead atoms. The normalized spacial score (nSPS) is 13.6. The zero-order valence-electron chi connectivity index (χ0n) is 12.1. The average molecular weight is 286 g/mol. The smallest absolute Gasteiger partial charge is 0.311 e. The van der Waals surface area contributed by atoms with E-state index in [1.54, 1.807) is 38.2 Å². The van der Waals surface area contributed by atoms with Gasteiger partial charge in [-0.1, -0.05) is 13.0 Å². The topological polar surface area (TPSA) is 79.3 Å². The van der Waals surface area contributed by atoms with E-state index < -0.39 is 11.4 Å². The van der Waals surface area contributed by atoms with Gasteiger partial charge in [0.15, 0.2) is 0 Å². The van der Waals surface area contributed by atoms with Crippen LogP contribution >= 0.6 is 0 Å². The number of carboxylic acid groups (broad SMARTS) is 1. The van der Waals surface area contributed by atoms with Crippen LogP contribution in [0.3, 0.4) is 0 Å². The predicted molar refractivity (Wildman–Crippen MR) is 80.1 cm³/mol. The number of rotatable bonds is 5. The van der Waals surface area contributed by atoms with E-state index in [1.165, 1.54) is 0 Å². The zero-order valence-corrected chi connectivity index (χ0v) is 12.1. The summed E-state index contributed by atoms with van der Waals surface area (Å²) < 4.78 is 0. The van der Waals surface area contributed by atoms with Gasteiger partial charge in [-0.15, -0.1) is 0 Å². The summed E-state index contributed by atoms with van der Waals surface area (Å²) in [7, 11) is 0. The van der Waals surface area contributed by atoms with Crippen LogP contribution in [0.15, 0.2) is 36.5 Å². The Morgan fingerprint density at radius 1 is 1.33 bits per heavy atom. The quantitative estimate of drug-likeness (QED) is 0.885. The molecule has 1 amide bonds. The Morgan fingerprint density at radius 2 is 2.10 bits per heavy atom. The number of carbonyl (C=O) groups excluding carboxylic acids is 1. The van der Waals surface area contributed by atoms with E-state index in [-0.39, 0.29) is 12.5 Å². The zero-order chi connectivity index (χ0) is 15.5. The van der Waals surface area contributed by atoms with Gasteiger partial charge in [0.05, 0.1) is 10.9 Å². The van der Waals surface area contributed by atoms with Gasteiger partial charge in [0.1, 0.15) is 0 Å². The summed E-state index contributed by atoms with van der Waals surface area (Å²) in [6.07, 6.45) is 2.14. The van der Waals surface area contributed by atoms with Crippen molar-refractivity contribution in [3.05, 3.63) is 42.1 Å². The average Bonchev–Trinajstić information content (AvgIpc) is 2.51. The van der Waals surface area contributed by atoms with E-state index in [0.29, 0.717) is 12.0 Å². The van der Waals surface area contributed by atoms with E-state index >= 15 is 0 Å². The van der Waals surface area contributed by atoms with Crippen molar-refractivity contribution in [2.45, 2.75) is 20.3 Å². The predicted octanol–water partition coefficient (Wildman–Crippen LogP) is 2.47. The van der Waals surface area contributed by atoms with Crippen LogP contribution in [-0.4, -0.2) is 28.5 Å². The summed E-state index contributed by atoms with van der Waals surface area (Å²) in [5, 5.41) is 12.8. The van der Waals surface area contributed by atoms with Crippen molar-refractivity contribution < 1.29 is 14.7 Å². The molecular weight excluding hydrogens is 268 g/mol. The molecule has 1 unspecified atom stereocenters. The van der Waals surface area contributed by atoms with Crippen LogP contribution < -0.4 is 5.32 Å². The van der Waals surface area contributed by atoms with E-state index in [4.69, 9.17) is 0 Å². The molecule has 1 atom stereocenters. The van der Waals surface area contributed by atoms with E-state index in [2.05, 4.69) is 10.3 Å². The van der Waals surface area contributed by atoms with Crippen molar-refractivity contribution in [3.63, 3.8) is 0 Å². The number of carboxylic acids is 1. The Morgan fingerprint density at radius 3 is 2.76 bits per heavy atom. The van der Waals surface area contributed by atoms with Gasteiger partial charge in [-0.3, -0.25) is 14.6 Å². The molecule has 5 heteroatoms. The molecule has 0 spiro atoms. The fraction of sp³-hybridized carbons (Fsp3) is 0.312. The lowest BCUT2D eigenvalue weighted by Crippen LogP contribution is -2.40. The van der Waals surface area contributed by atoms with Crippen LogP contribution in [0.25, 0.3) is 10.9 Å². The van der Waals surface area contributed by atoms with Gasteiger partial charge in [0.25, 0.3) is 5.91 Å². The maximum atomic E-state index is 12.1. The molecule has 1 aromatic carbocycles. The number of carbonyl (C=O) groups is 2. The first-order chi connectivity index (χ1) is 9.96. The molecule has 1 heterocycles. The van der Waals surface area contributed by atoms with Gasteiger partial charge in [-0.05, 0) is 37.6 Å². The Kier molecular flexibility index (Phi) is 4.21. The number of aromatic nitrogens is 1. The molecule has 0 aliphatic rings. The fourth-order valence-electron chi connectivity index (χ4n) is 1.95. The first-order valence-electron chi connectivity index (χ1n) is 6.82. The molecule has 0 fully saturated rings. The number of fused-ring (bicyclic) bond motifs is 1. The molecule has 110 valence electrons. The van der Waals surface area contributed by atoms with Crippen LogP contribution in [0.1, 0.15) is 30.6 Å². The minimum absolute atomic E-state index is 0.0999. The second-order valence-electron chi connectivity index (χ2n) is 5.31. The number of benzene rings is 1. The third kappa shape index (κ3) is 3.18. The number of amides is 1. The third-order valence-corrected chi connectivity index (χ3v) is 3.80. The summed E-state index contributed by atoms with van der Waals surface area (Å²) >= 11 is 0. The number of hydrogen-bond acceptors (Lipinski definition) is 3. The SMILES string of the molecule is CCC(C)(CNC(=O)c1ccc2ncccc2c1)C(=O)O. The second-order valence-corrected chi connectivity index (χ2v) is 5.31. The van der Waals surface area contributed by atoms with Gasteiger partial charge >= 0.3 is 5.97 Å². The number of nitrogens with one attached hydrogen (secondary N) is 1. The highest BCUT2D eigenvalue weighted by molar-refractivity contribution is 5.98. The van der Waals surface area contributed by atoms with Crippen molar-refractivity contribution in [3.8, 4) is 0 Å². The Balaban J connectivity index is 2.14. The number of pyridine rings is 1. The molecule has 21 heavy (non-hydrogen) atoms. The van der Waals surface area contributed by atoms with Gasteiger partial charge in [0, 0.05) is 23.7 Å². The minimum atomic E-state index is -0.950. The minimum Gasteiger partial charge on any atom is -0.481 e. The third-order valence-electron chi connectivity index (χ3n) is 3.80. The molecule has 0 radical (unpaired) electrons. The summed E-state index contributed by atoms with van der Waals surface area (Å²) in [4.78, 5) is 27.6. The number of hydrogen-bond donors (Lipinski definition) is 2. The maximum Gasteiger partial charge on any atom is 0.311 e. The summed E-state index contributed by atoms with van der Waals surface area (Å²) in [5.41, 5.74) is 0.367. The summed E-state index contributed by atoms with van der Waals surface area (Å²) in [6, 6.07) is 8.91. The van der Waals surface area contributed by atoms with Crippen molar-refractivity contribution >= 4 is 22.8 Å². The van der Waals surface area contributed by atoms with Crippen molar-refractivity contribution in [2.75, 3.05) is 6.54 Å². The van der Waals surface area contributed by atoms with Crippen LogP contribution in [0.2, 0.25) is 0 Å². The van der Waals surface area contributed by atoms with Crippen LogP contribution in [0.5, 0.6) is 0 Å². The molecule has 0 aliphatic heterocycles. The molecule has 0 saturated carbocycles. The largest absolute Gasteiger partial charge is 0.481 e. The highest BCUT2D eigenvalue weighted by Crippen LogP contribution is 2.20. The Labute approximate surface area is 123 Å². The lowest BCUT2D eigenvalue weighted by atomic mass is 9.87. The maximum absolute atomic E-state index is 12.1. The van der Waals surface area contributed by atoms with Crippen LogP contribution in [0.4, 0.5) is 0 Å². The lowest BCUT2D eigenvalue weighted by molar-refractivity contribution is -0.147. The monoisotopic (exact) mass is 286 g/mol.